The first-order valence-electron chi connectivity index (χ1n) is 6.04. The van der Waals surface area contributed by atoms with Crippen molar-refractivity contribution in [3.05, 3.63) is 23.2 Å². The Morgan fingerprint density at radius 3 is 2.90 bits per heavy atom. The van der Waals surface area contributed by atoms with Crippen LogP contribution < -0.4 is 10.1 Å². The Bertz CT molecular complexity index is 648. The smallest absolute Gasteiger partial charge is 0.237 e. The molecule has 21 heavy (non-hydrogen) atoms. The van der Waals surface area contributed by atoms with Crippen LogP contribution in [0.2, 0.25) is 5.02 Å². The lowest BCUT2D eigenvalue weighted by Crippen LogP contribution is -2.23. The molecule has 0 saturated heterocycles. The zero-order chi connectivity index (χ0) is 15.4. The highest BCUT2D eigenvalue weighted by atomic mass is 35.5. The summed E-state index contributed by atoms with van der Waals surface area (Å²) in [5.74, 6) is 0.355. The number of ether oxygens (including phenoxy) is 1. The van der Waals surface area contributed by atoms with Gasteiger partial charge < -0.3 is 10.1 Å². The van der Waals surface area contributed by atoms with Gasteiger partial charge in [0, 0.05) is 12.1 Å². The number of halogens is 1. The molecule has 0 radical (unpaired) electrons. The molecule has 1 aromatic heterocycles. The van der Waals surface area contributed by atoms with Gasteiger partial charge in [0.25, 0.3) is 0 Å². The molecule has 7 nitrogen and oxygen atoms in total. The normalized spacial score (nSPS) is 12.0. The second-order valence-corrected chi connectivity index (χ2v) is 5.92. The van der Waals surface area contributed by atoms with E-state index < -0.39 is 0 Å². The van der Waals surface area contributed by atoms with Crippen molar-refractivity contribution in [2.24, 2.45) is 7.05 Å². The number of carbonyl (C=O) groups is 1. The molecular weight excluding hydrogens is 314 g/mol. The van der Waals surface area contributed by atoms with Crippen molar-refractivity contribution in [2.45, 2.75) is 17.3 Å². The van der Waals surface area contributed by atoms with Crippen LogP contribution in [0, 0.1) is 0 Å². The Kier molecular flexibility index (Phi) is 5.03. The minimum absolute atomic E-state index is 0.191. The summed E-state index contributed by atoms with van der Waals surface area (Å²) < 4.78 is 6.70. The van der Waals surface area contributed by atoms with Gasteiger partial charge in [0.1, 0.15) is 5.75 Å². The van der Waals surface area contributed by atoms with Crippen molar-refractivity contribution in [1.29, 1.82) is 0 Å². The van der Waals surface area contributed by atoms with E-state index in [0.717, 1.165) is 0 Å². The molecule has 1 aromatic carbocycles. The summed E-state index contributed by atoms with van der Waals surface area (Å²) >= 11 is 7.19. The summed E-state index contributed by atoms with van der Waals surface area (Å²) in [6.07, 6.45) is 0. The topological polar surface area (TPSA) is 81.9 Å². The van der Waals surface area contributed by atoms with Gasteiger partial charge in [-0.2, -0.15) is 0 Å². The number of rotatable bonds is 5. The molecule has 0 aliphatic heterocycles. The van der Waals surface area contributed by atoms with Crippen LogP contribution in [0.3, 0.4) is 0 Å². The number of hydrogen-bond acceptors (Lipinski definition) is 6. The average Bonchev–Trinajstić information content (AvgIpc) is 2.84. The molecule has 9 heteroatoms. The first-order chi connectivity index (χ1) is 10.0. The van der Waals surface area contributed by atoms with Gasteiger partial charge in [-0.05, 0) is 35.5 Å². The highest BCUT2D eigenvalue weighted by Crippen LogP contribution is 2.29. The van der Waals surface area contributed by atoms with Gasteiger partial charge in [0.15, 0.2) is 0 Å². The van der Waals surface area contributed by atoms with E-state index in [1.807, 2.05) is 0 Å². The molecule has 1 heterocycles. The highest BCUT2D eigenvalue weighted by molar-refractivity contribution is 8.00. The van der Waals surface area contributed by atoms with Gasteiger partial charge in [-0.1, -0.05) is 23.4 Å². The predicted octanol–water partition coefficient (Wildman–Crippen LogP) is 1.99. The summed E-state index contributed by atoms with van der Waals surface area (Å²) in [6.45, 7) is 1.77. The van der Waals surface area contributed by atoms with Crippen LogP contribution >= 0.6 is 23.4 Å². The summed E-state index contributed by atoms with van der Waals surface area (Å²) in [5, 5.41) is 14.6. The molecule has 0 aliphatic carbocycles. The first kappa shape index (κ1) is 15.6. The van der Waals surface area contributed by atoms with E-state index in [-0.39, 0.29) is 11.2 Å². The second-order valence-electron chi connectivity index (χ2n) is 4.18. The summed E-state index contributed by atoms with van der Waals surface area (Å²) in [4.78, 5) is 12.2. The number of methoxy groups -OCH3 is 1. The van der Waals surface area contributed by atoms with Crippen molar-refractivity contribution in [1.82, 2.24) is 20.2 Å². The molecule has 1 unspecified atom stereocenters. The van der Waals surface area contributed by atoms with Crippen LogP contribution in [0.1, 0.15) is 6.92 Å². The molecule has 1 N–H and O–H groups in total. The largest absolute Gasteiger partial charge is 0.495 e. The zero-order valence-electron chi connectivity index (χ0n) is 11.7. The Morgan fingerprint density at radius 2 is 2.29 bits per heavy atom. The lowest BCUT2D eigenvalue weighted by molar-refractivity contribution is -0.115. The Hall–Kier alpha value is -1.80. The maximum Gasteiger partial charge on any atom is 0.237 e. The SMILES string of the molecule is COc1ccc(Cl)cc1NC(=O)C(C)Sc1nnnn1C. The van der Waals surface area contributed by atoms with Crippen molar-refractivity contribution >= 4 is 35.0 Å². The molecule has 1 amide bonds. The fourth-order valence-corrected chi connectivity index (χ4v) is 2.47. The van der Waals surface area contributed by atoms with Crippen LogP contribution in [0.5, 0.6) is 5.75 Å². The number of nitrogens with zero attached hydrogens (tertiary/aromatic N) is 4. The number of amides is 1. The van der Waals surface area contributed by atoms with Gasteiger partial charge in [-0.3, -0.25) is 4.79 Å². The van der Waals surface area contributed by atoms with Crippen molar-refractivity contribution in [2.75, 3.05) is 12.4 Å². The van der Waals surface area contributed by atoms with Crippen LogP contribution in [0.25, 0.3) is 0 Å². The van der Waals surface area contributed by atoms with E-state index in [0.29, 0.717) is 21.6 Å². The van der Waals surface area contributed by atoms with Gasteiger partial charge >= 0.3 is 0 Å². The molecule has 0 fully saturated rings. The highest BCUT2D eigenvalue weighted by Gasteiger charge is 2.19. The summed E-state index contributed by atoms with van der Waals surface area (Å²) in [5.41, 5.74) is 0.526. The lowest BCUT2D eigenvalue weighted by atomic mass is 10.3. The fourth-order valence-electron chi connectivity index (χ4n) is 1.54. The molecule has 112 valence electrons. The number of nitrogens with one attached hydrogen (secondary N) is 1. The van der Waals surface area contributed by atoms with Crippen LogP contribution in [0.4, 0.5) is 5.69 Å². The molecular formula is C12H14ClN5O2S. The van der Waals surface area contributed by atoms with Crippen LogP contribution in [0.15, 0.2) is 23.4 Å². The minimum atomic E-state index is -0.376. The van der Waals surface area contributed by atoms with E-state index in [1.165, 1.54) is 23.6 Å². The van der Waals surface area contributed by atoms with E-state index in [1.54, 1.807) is 32.2 Å². The number of carbonyl (C=O) groups excluding carboxylic acids is 1. The molecule has 1 atom stereocenters. The Balaban J connectivity index is 2.07. The maximum absolute atomic E-state index is 12.2. The second kappa shape index (κ2) is 6.77. The quantitative estimate of drug-likeness (QED) is 0.846. The fraction of sp³-hybridized carbons (Fsp3) is 0.333. The molecule has 0 spiro atoms. The lowest BCUT2D eigenvalue weighted by Gasteiger charge is -2.13. The van der Waals surface area contributed by atoms with Crippen LogP contribution in [-0.4, -0.2) is 38.5 Å². The zero-order valence-corrected chi connectivity index (χ0v) is 13.3. The monoisotopic (exact) mass is 327 g/mol. The number of aryl methyl sites for hydroxylation is 1. The standard InChI is InChI=1S/C12H14ClN5O2S/c1-7(21-12-15-16-17-18(12)2)11(19)14-9-6-8(13)4-5-10(9)20-3/h4-7H,1-3H3,(H,14,19). The third-order valence-corrected chi connectivity index (χ3v) is 4.01. The van der Waals surface area contributed by atoms with Crippen molar-refractivity contribution < 1.29 is 9.53 Å². The van der Waals surface area contributed by atoms with Gasteiger partial charge in [-0.15, -0.1) is 5.10 Å². The Morgan fingerprint density at radius 1 is 1.52 bits per heavy atom. The third kappa shape index (κ3) is 3.85. The van der Waals surface area contributed by atoms with Gasteiger partial charge in [0.05, 0.1) is 18.0 Å². The molecule has 0 aliphatic rings. The Labute approximate surface area is 131 Å². The van der Waals surface area contributed by atoms with Gasteiger partial charge in [-0.25, -0.2) is 4.68 Å². The number of benzene rings is 1. The third-order valence-electron chi connectivity index (χ3n) is 2.65. The van der Waals surface area contributed by atoms with E-state index in [4.69, 9.17) is 16.3 Å². The van der Waals surface area contributed by atoms with Gasteiger partial charge in [0.2, 0.25) is 11.1 Å². The minimum Gasteiger partial charge on any atom is -0.495 e. The number of thioether (sulfide) groups is 1. The van der Waals surface area contributed by atoms with Crippen molar-refractivity contribution in [3.8, 4) is 5.75 Å². The summed E-state index contributed by atoms with van der Waals surface area (Å²) in [6, 6.07) is 5.03. The number of hydrogen-bond donors (Lipinski definition) is 1. The number of aromatic nitrogens is 4. The average molecular weight is 328 g/mol. The van der Waals surface area contributed by atoms with Crippen LogP contribution in [-0.2, 0) is 11.8 Å². The van der Waals surface area contributed by atoms with E-state index in [9.17, 15) is 4.79 Å². The number of anilines is 1. The maximum atomic E-state index is 12.2. The summed E-state index contributed by atoms with van der Waals surface area (Å²) in [7, 11) is 3.25. The first-order valence-corrected chi connectivity index (χ1v) is 7.30. The van der Waals surface area contributed by atoms with E-state index in [2.05, 4.69) is 20.8 Å². The molecule has 0 saturated carbocycles. The predicted molar refractivity (Wildman–Crippen MR) is 80.8 cm³/mol. The number of tetrazole rings is 1. The van der Waals surface area contributed by atoms with Crippen molar-refractivity contribution in [3.63, 3.8) is 0 Å². The molecule has 2 rings (SSSR count). The van der Waals surface area contributed by atoms with E-state index >= 15 is 0 Å². The molecule has 2 aromatic rings. The molecule has 0 bridgehead atoms.